The molecule has 0 radical (unpaired) electrons. The van der Waals surface area contributed by atoms with Crippen molar-refractivity contribution in [2.24, 2.45) is 0 Å². The van der Waals surface area contributed by atoms with E-state index >= 15 is 0 Å². The minimum Gasteiger partial charge on any atom is -0.454 e. The average molecular weight is 404 g/mol. The summed E-state index contributed by atoms with van der Waals surface area (Å²) in [6.45, 7) is -0.0329. The van der Waals surface area contributed by atoms with Gasteiger partial charge in [-0.15, -0.1) is 0 Å². The van der Waals surface area contributed by atoms with Gasteiger partial charge in [0.25, 0.3) is 11.6 Å². The molecular formula is C18H16N2O7S. The van der Waals surface area contributed by atoms with Gasteiger partial charge in [0.05, 0.1) is 16.6 Å². The second-order valence-electron chi connectivity index (χ2n) is 5.84. The van der Waals surface area contributed by atoms with Crippen LogP contribution in [0.5, 0.6) is 11.5 Å². The van der Waals surface area contributed by atoms with Crippen molar-refractivity contribution in [3.63, 3.8) is 0 Å². The van der Waals surface area contributed by atoms with E-state index in [1.807, 2.05) is 16.8 Å². The molecular weight excluding hydrogens is 388 g/mol. The Morgan fingerprint density at radius 3 is 2.79 bits per heavy atom. The van der Waals surface area contributed by atoms with E-state index in [2.05, 4.69) is 0 Å². The smallest absolute Gasteiger partial charge is 0.331 e. The van der Waals surface area contributed by atoms with E-state index in [1.165, 1.54) is 34.4 Å². The van der Waals surface area contributed by atoms with Gasteiger partial charge >= 0.3 is 5.97 Å². The normalized spacial score (nSPS) is 12.2. The third-order valence-corrected chi connectivity index (χ3v) is 4.61. The highest BCUT2D eigenvalue weighted by Gasteiger charge is 2.22. The largest absolute Gasteiger partial charge is 0.454 e. The second kappa shape index (κ2) is 8.53. The Morgan fingerprint density at radius 1 is 1.36 bits per heavy atom. The number of hydrogen-bond acceptors (Lipinski definition) is 8. The molecule has 3 rings (SSSR count). The Bertz CT molecular complexity index is 924. The van der Waals surface area contributed by atoms with E-state index in [1.54, 1.807) is 7.05 Å². The number of ether oxygens (including phenoxy) is 3. The Hall–Kier alpha value is -3.40. The maximum atomic E-state index is 12.0. The van der Waals surface area contributed by atoms with Crippen LogP contribution >= 0.6 is 11.3 Å². The van der Waals surface area contributed by atoms with Gasteiger partial charge in [-0.1, -0.05) is 0 Å². The lowest BCUT2D eigenvalue weighted by atomic mass is 10.1. The average Bonchev–Trinajstić information content (AvgIpc) is 3.34. The third kappa shape index (κ3) is 4.65. The van der Waals surface area contributed by atoms with Crippen LogP contribution in [0.2, 0.25) is 0 Å². The van der Waals surface area contributed by atoms with Crippen LogP contribution in [-0.4, -0.2) is 42.1 Å². The molecule has 0 unspecified atom stereocenters. The molecule has 0 fully saturated rings. The number of amides is 1. The number of esters is 1. The van der Waals surface area contributed by atoms with E-state index in [4.69, 9.17) is 14.2 Å². The van der Waals surface area contributed by atoms with Crippen LogP contribution in [-0.2, 0) is 20.9 Å². The van der Waals surface area contributed by atoms with E-state index in [0.717, 1.165) is 11.6 Å². The number of rotatable bonds is 7. The van der Waals surface area contributed by atoms with Crippen LogP contribution in [0.25, 0.3) is 6.08 Å². The van der Waals surface area contributed by atoms with Gasteiger partial charge in [-0.25, -0.2) is 4.79 Å². The van der Waals surface area contributed by atoms with Gasteiger partial charge in [0.15, 0.2) is 18.1 Å². The number of nitro benzene ring substituents is 1. The van der Waals surface area contributed by atoms with Crippen molar-refractivity contribution < 1.29 is 28.7 Å². The number of thiophene rings is 1. The fraction of sp³-hybridized carbons (Fsp3) is 0.222. The molecule has 1 aliphatic heterocycles. The van der Waals surface area contributed by atoms with Gasteiger partial charge in [-0.05, 0) is 34.5 Å². The van der Waals surface area contributed by atoms with E-state index in [0.29, 0.717) is 12.3 Å². The van der Waals surface area contributed by atoms with Crippen LogP contribution in [0, 0.1) is 10.1 Å². The number of fused-ring (bicyclic) bond motifs is 1. The summed E-state index contributed by atoms with van der Waals surface area (Å²) in [7, 11) is 1.61. The summed E-state index contributed by atoms with van der Waals surface area (Å²) in [5.41, 5.74) is 0.911. The lowest BCUT2D eigenvalue weighted by Crippen LogP contribution is -2.30. The number of carbonyl (C=O) groups is 2. The molecule has 0 saturated heterocycles. The summed E-state index contributed by atoms with van der Waals surface area (Å²) in [6, 6.07) is 4.54. The van der Waals surface area contributed by atoms with Crippen molar-refractivity contribution >= 4 is 35.0 Å². The molecule has 0 bridgehead atoms. The molecule has 10 heteroatoms. The van der Waals surface area contributed by atoms with Crippen LogP contribution in [0.15, 0.2) is 35.0 Å². The van der Waals surface area contributed by atoms with Gasteiger partial charge in [0.2, 0.25) is 6.79 Å². The maximum Gasteiger partial charge on any atom is 0.331 e. The lowest BCUT2D eigenvalue weighted by molar-refractivity contribution is -0.385. The van der Waals surface area contributed by atoms with Crippen molar-refractivity contribution in [1.82, 2.24) is 4.90 Å². The number of nitrogens with zero attached hydrogens (tertiary/aromatic N) is 2. The number of likely N-dealkylation sites (N-methyl/N-ethyl adjacent to an activating group) is 1. The zero-order valence-corrected chi connectivity index (χ0v) is 15.6. The molecule has 2 aromatic rings. The molecule has 0 aliphatic carbocycles. The summed E-state index contributed by atoms with van der Waals surface area (Å²) in [5, 5.41) is 15.0. The fourth-order valence-electron chi connectivity index (χ4n) is 2.43. The van der Waals surface area contributed by atoms with E-state index in [-0.39, 0.29) is 29.7 Å². The summed E-state index contributed by atoms with van der Waals surface area (Å²) < 4.78 is 15.2. The number of nitro groups is 1. The second-order valence-corrected chi connectivity index (χ2v) is 6.62. The molecule has 0 atom stereocenters. The molecule has 146 valence electrons. The first kappa shape index (κ1) is 19.4. The molecule has 0 N–H and O–H groups in total. The predicted octanol–water partition coefficient (Wildman–Crippen LogP) is 2.60. The first-order chi connectivity index (χ1) is 13.4. The summed E-state index contributed by atoms with van der Waals surface area (Å²) in [6.07, 6.45) is 2.26. The first-order valence-electron chi connectivity index (χ1n) is 8.12. The Balaban J connectivity index is 1.58. The van der Waals surface area contributed by atoms with Crippen LogP contribution < -0.4 is 9.47 Å². The number of hydrogen-bond donors (Lipinski definition) is 0. The highest BCUT2D eigenvalue weighted by Crippen LogP contribution is 2.38. The van der Waals surface area contributed by atoms with Crippen molar-refractivity contribution in [2.45, 2.75) is 6.54 Å². The maximum absolute atomic E-state index is 12.0. The van der Waals surface area contributed by atoms with E-state index < -0.39 is 17.5 Å². The summed E-state index contributed by atoms with van der Waals surface area (Å²) >= 11 is 1.53. The summed E-state index contributed by atoms with van der Waals surface area (Å²) in [4.78, 5) is 36.0. The van der Waals surface area contributed by atoms with Crippen molar-refractivity contribution in [3.8, 4) is 11.5 Å². The van der Waals surface area contributed by atoms with Gasteiger partial charge in [0, 0.05) is 19.7 Å². The zero-order chi connectivity index (χ0) is 20.1. The minimum absolute atomic E-state index is 0.0251. The van der Waals surface area contributed by atoms with Gasteiger partial charge in [-0.2, -0.15) is 11.3 Å². The SMILES string of the molecule is CN(Cc1ccsc1)C(=O)COC(=O)/C=C/c1cc2c(cc1[N+](=O)[O-])OCO2. The number of carbonyl (C=O) groups excluding carboxylic acids is 2. The van der Waals surface area contributed by atoms with Gasteiger partial charge in [0.1, 0.15) is 0 Å². The molecule has 2 heterocycles. The molecule has 1 aromatic carbocycles. The number of benzene rings is 1. The quantitative estimate of drug-likeness (QED) is 0.302. The predicted molar refractivity (Wildman–Crippen MR) is 100 cm³/mol. The molecule has 1 aliphatic rings. The first-order valence-corrected chi connectivity index (χ1v) is 9.06. The molecule has 0 saturated carbocycles. The molecule has 1 amide bonds. The highest BCUT2D eigenvalue weighted by atomic mass is 32.1. The van der Waals surface area contributed by atoms with Crippen molar-refractivity contribution in [2.75, 3.05) is 20.4 Å². The summed E-state index contributed by atoms with van der Waals surface area (Å²) in [5.74, 6) is -0.527. The highest BCUT2D eigenvalue weighted by molar-refractivity contribution is 7.07. The fourth-order valence-corrected chi connectivity index (χ4v) is 3.09. The van der Waals surface area contributed by atoms with E-state index in [9.17, 15) is 19.7 Å². The Morgan fingerprint density at radius 2 is 2.11 bits per heavy atom. The lowest BCUT2D eigenvalue weighted by Gasteiger charge is -2.15. The van der Waals surface area contributed by atoms with Crippen LogP contribution in [0.4, 0.5) is 5.69 Å². The van der Waals surface area contributed by atoms with Crippen LogP contribution in [0.1, 0.15) is 11.1 Å². The van der Waals surface area contributed by atoms with Gasteiger partial charge < -0.3 is 19.1 Å². The third-order valence-electron chi connectivity index (χ3n) is 3.88. The van der Waals surface area contributed by atoms with Gasteiger partial charge in [-0.3, -0.25) is 14.9 Å². The monoisotopic (exact) mass is 404 g/mol. The zero-order valence-electron chi connectivity index (χ0n) is 14.8. The van der Waals surface area contributed by atoms with Crippen LogP contribution in [0.3, 0.4) is 0 Å². The standard InChI is InChI=1S/C18H16N2O7S/c1-19(8-12-4-5-28-10-12)17(21)9-25-18(22)3-2-13-6-15-16(27-11-26-15)7-14(13)20(23)24/h2-7,10H,8-9,11H2,1H3/b3-2+. The molecule has 9 nitrogen and oxygen atoms in total. The van der Waals surface area contributed by atoms with Crippen molar-refractivity contribution in [3.05, 3.63) is 56.3 Å². The Labute approximate surface area is 163 Å². The minimum atomic E-state index is -0.788. The topological polar surface area (TPSA) is 108 Å². The molecule has 28 heavy (non-hydrogen) atoms. The molecule has 0 spiro atoms. The van der Waals surface area contributed by atoms with Crippen molar-refractivity contribution in [1.29, 1.82) is 0 Å². The Kier molecular flexibility index (Phi) is 5.90. The molecule has 1 aromatic heterocycles.